The normalized spacial score (nSPS) is 13.8. The van der Waals surface area contributed by atoms with Crippen molar-refractivity contribution < 1.29 is 14.3 Å². The Bertz CT molecular complexity index is 531. The van der Waals surface area contributed by atoms with E-state index in [-0.39, 0.29) is 6.09 Å². The number of carbonyl (C=O) groups is 1. The molecule has 1 amide bonds. The first-order chi connectivity index (χ1) is 9.24. The first-order valence-electron chi connectivity index (χ1n) is 6.02. The summed E-state index contributed by atoms with van der Waals surface area (Å²) in [5.41, 5.74) is 7.14. The highest BCUT2D eigenvalue weighted by Gasteiger charge is 2.21. The van der Waals surface area contributed by atoms with Gasteiger partial charge >= 0.3 is 6.09 Å². The maximum atomic E-state index is 11.4. The summed E-state index contributed by atoms with van der Waals surface area (Å²) in [6.45, 7) is 1.88. The molecular weight excluding hydrogens is 244 g/mol. The first-order valence-corrected chi connectivity index (χ1v) is 6.02. The lowest BCUT2D eigenvalue weighted by Crippen LogP contribution is -2.23. The highest BCUT2D eigenvalue weighted by molar-refractivity contribution is 5.69. The number of methoxy groups -OCH3 is 1. The van der Waals surface area contributed by atoms with E-state index in [2.05, 4.69) is 11.8 Å². The lowest BCUT2D eigenvalue weighted by molar-refractivity contribution is 0.157. The summed E-state index contributed by atoms with van der Waals surface area (Å²) in [6, 6.07) is 5.67. The van der Waals surface area contributed by atoms with Crippen molar-refractivity contribution in [3.63, 3.8) is 0 Å². The third-order valence-electron chi connectivity index (χ3n) is 2.81. The van der Waals surface area contributed by atoms with Gasteiger partial charge in [-0.1, -0.05) is 17.9 Å². The van der Waals surface area contributed by atoms with E-state index in [9.17, 15) is 4.79 Å². The van der Waals surface area contributed by atoms with Crippen LogP contribution in [0.2, 0.25) is 0 Å². The van der Waals surface area contributed by atoms with Crippen molar-refractivity contribution >= 4 is 6.09 Å². The highest BCUT2D eigenvalue weighted by Crippen LogP contribution is 2.20. The Morgan fingerprint density at radius 1 is 1.53 bits per heavy atom. The molecule has 0 unspecified atom stereocenters. The van der Waals surface area contributed by atoms with Crippen LogP contribution in [0, 0.1) is 11.8 Å². The van der Waals surface area contributed by atoms with Crippen LogP contribution in [0.25, 0.3) is 0 Å². The number of nitrogens with two attached hydrogens (primary N) is 1. The second kappa shape index (κ2) is 6.12. The van der Waals surface area contributed by atoms with Gasteiger partial charge in [-0.25, -0.2) is 4.79 Å². The van der Waals surface area contributed by atoms with Crippen LogP contribution in [0.15, 0.2) is 18.2 Å². The van der Waals surface area contributed by atoms with Crippen LogP contribution in [0.4, 0.5) is 4.79 Å². The summed E-state index contributed by atoms with van der Waals surface area (Å²) >= 11 is 0. The lowest BCUT2D eigenvalue weighted by atomic mass is 10.1. The van der Waals surface area contributed by atoms with Crippen LogP contribution in [-0.2, 0) is 11.3 Å². The average molecular weight is 260 g/mol. The zero-order valence-electron chi connectivity index (χ0n) is 10.8. The van der Waals surface area contributed by atoms with Crippen LogP contribution >= 0.6 is 0 Å². The quantitative estimate of drug-likeness (QED) is 0.822. The van der Waals surface area contributed by atoms with Gasteiger partial charge in [-0.3, -0.25) is 0 Å². The fraction of sp³-hybridized carbons (Fsp3) is 0.357. The topological polar surface area (TPSA) is 64.8 Å². The fourth-order valence-corrected chi connectivity index (χ4v) is 1.89. The molecule has 0 atom stereocenters. The number of hydrogen-bond acceptors (Lipinski definition) is 4. The third kappa shape index (κ3) is 3.18. The fourth-order valence-electron chi connectivity index (χ4n) is 1.89. The highest BCUT2D eigenvalue weighted by atomic mass is 16.6. The van der Waals surface area contributed by atoms with Gasteiger partial charge in [0.2, 0.25) is 0 Å². The molecule has 1 fully saturated rings. The van der Waals surface area contributed by atoms with Crippen molar-refractivity contribution in [2.24, 2.45) is 5.73 Å². The number of benzene rings is 1. The van der Waals surface area contributed by atoms with Crippen molar-refractivity contribution in [3.8, 4) is 17.6 Å². The van der Waals surface area contributed by atoms with Crippen LogP contribution in [-0.4, -0.2) is 37.8 Å². The van der Waals surface area contributed by atoms with Gasteiger partial charge in [0, 0.05) is 6.54 Å². The Labute approximate surface area is 112 Å². The molecule has 100 valence electrons. The molecule has 0 radical (unpaired) electrons. The summed E-state index contributed by atoms with van der Waals surface area (Å²) in [4.78, 5) is 13.0. The zero-order valence-corrected chi connectivity index (χ0v) is 10.8. The molecule has 1 saturated heterocycles. The molecule has 0 bridgehead atoms. The molecule has 1 aliphatic rings. The molecule has 1 aromatic carbocycles. The van der Waals surface area contributed by atoms with E-state index >= 15 is 0 Å². The van der Waals surface area contributed by atoms with Crippen LogP contribution in [0.5, 0.6) is 5.75 Å². The van der Waals surface area contributed by atoms with Gasteiger partial charge < -0.3 is 20.1 Å². The van der Waals surface area contributed by atoms with Crippen molar-refractivity contribution in [1.29, 1.82) is 0 Å². The summed E-state index contributed by atoms with van der Waals surface area (Å²) in [5, 5.41) is 0. The number of nitrogens with zero attached hydrogens (tertiary/aromatic N) is 1. The van der Waals surface area contributed by atoms with E-state index in [0.717, 1.165) is 11.1 Å². The van der Waals surface area contributed by atoms with E-state index in [4.69, 9.17) is 15.2 Å². The summed E-state index contributed by atoms with van der Waals surface area (Å²) in [7, 11) is 1.60. The Hall–Kier alpha value is -2.19. The number of carbonyl (C=O) groups excluding carboxylic acids is 1. The van der Waals surface area contributed by atoms with Crippen LogP contribution in [0.1, 0.15) is 11.1 Å². The van der Waals surface area contributed by atoms with Crippen molar-refractivity contribution in [1.82, 2.24) is 4.90 Å². The third-order valence-corrected chi connectivity index (χ3v) is 2.81. The maximum absolute atomic E-state index is 11.4. The standard InChI is InChI=1S/C14H16N2O3/c1-18-13-5-4-11(9-12(13)3-2-6-15)10-16-7-8-19-14(16)17/h4-5,9H,6-8,10,15H2,1H3. The van der Waals surface area contributed by atoms with Crippen LogP contribution in [0.3, 0.4) is 0 Å². The van der Waals surface area contributed by atoms with Gasteiger partial charge in [0.1, 0.15) is 12.4 Å². The smallest absolute Gasteiger partial charge is 0.410 e. The predicted molar refractivity (Wildman–Crippen MR) is 70.7 cm³/mol. The molecule has 0 aliphatic carbocycles. The summed E-state index contributed by atoms with van der Waals surface area (Å²) in [5.74, 6) is 6.47. The molecule has 2 N–H and O–H groups in total. The molecule has 1 heterocycles. The molecule has 5 nitrogen and oxygen atoms in total. The van der Waals surface area contributed by atoms with Crippen LogP contribution < -0.4 is 10.5 Å². The first kappa shape index (κ1) is 13.2. The number of amides is 1. The minimum absolute atomic E-state index is 0.273. The van der Waals surface area contributed by atoms with Gasteiger partial charge in [0.15, 0.2) is 0 Å². The number of ether oxygens (including phenoxy) is 2. The molecule has 0 aromatic heterocycles. The van der Waals surface area contributed by atoms with Gasteiger partial charge in [0.25, 0.3) is 0 Å². The number of cyclic esters (lactones) is 1. The SMILES string of the molecule is COc1ccc(CN2CCOC2=O)cc1C#CCN. The summed E-state index contributed by atoms with van der Waals surface area (Å²) in [6.07, 6.45) is -0.273. The molecule has 0 saturated carbocycles. The Kier molecular flexibility index (Phi) is 4.26. The van der Waals surface area contributed by atoms with Gasteiger partial charge in [-0.05, 0) is 17.7 Å². The maximum Gasteiger partial charge on any atom is 0.410 e. The molecule has 1 aromatic rings. The largest absolute Gasteiger partial charge is 0.495 e. The minimum Gasteiger partial charge on any atom is -0.495 e. The Balaban J connectivity index is 2.19. The molecule has 5 heteroatoms. The van der Waals surface area contributed by atoms with E-state index in [1.54, 1.807) is 12.0 Å². The van der Waals surface area contributed by atoms with Crippen molar-refractivity contribution in [3.05, 3.63) is 29.3 Å². The number of rotatable bonds is 3. The van der Waals surface area contributed by atoms with E-state index in [1.165, 1.54) is 0 Å². The Morgan fingerprint density at radius 2 is 2.37 bits per heavy atom. The number of hydrogen-bond donors (Lipinski definition) is 1. The molecule has 1 aliphatic heterocycles. The summed E-state index contributed by atoms with van der Waals surface area (Å²) < 4.78 is 10.1. The Morgan fingerprint density at radius 3 is 3.00 bits per heavy atom. The van der Waals surface area contributed by atoms with Crippen molar-refractivity contribution in [2.75, 3.05) is 26.8 Å². The monoisotopic (exact) mass is 260 g/mol. The second-order valence-electron chi connectivity index (χ2n) is 4.08. The van der Waals surface area contributed by atoms with Gasteiger partial charge in [0.05, 0.1) is 25.8 Å². The molecular formula is C14H16N2O3. The van der Waals surface area contributed by atoms with Gasteiger partial charge in [-0.15, -0.1) is 0 Å². The second-order valence-corrected chi connectivity index (χ2v) is 4.08. The molecule has 2 rings (SSSR count). The average Bonchev–Trinajstić information content (AvgIpc) is 2.82. The minimum atomic E-state index is -0.273. The van der Waals surface area contributed by atoms with E-state index < -0.39 is 0 Å². The van der Waals surface area contributed by atoms with Gasteiger partial charge in [-0.2, -0.15) is 0 Å². The van der Waals surface area contributed by atoms with E-state index in [0.29, 0.717) is 32.0 Å². The van der Waals surface area contributed by atoms with Crippen molar-refractivity contribution in [2.45, 2.75) is 6.54 Å². The molecule has 0 spiro atoms. The van der Waals surface area contributed by atoms with E-state index in [1.807, 2.05) is 18.2 Å². The zero-order chi connectivity index (χ0) is 13.7. The lowest BCUT2D eigenvalue weighted by Gasteiger charge is -2.13. The predicted octanol–water partition coefficient (Wildman–Crippen LogP) is 0.958. The molecule has 19 heavy (non-hydrogen) atoms.